The highest BCUT2D eigenvalue weighted by atomic mass is 127. The van der Waals surface area contributed by atoms with Crippen LogP contribution in [0.25, 0.3) is 22.3 Å². The summed E-state index contributed by atoms with van der Waals surface area (Å²) < 4.78 is 73.5. The summed E-state index contributed by atoms with van der Waals surface area (Å²) >= 11 is 1.87. The third-order valence-corrected chi connectivity index (χ3v) is 6.62. The summed E-state index contributed by atoms with van der Waals surface area (Å²) in [4.78, 5) is 13.2. The number of fused-ring (bicyclic) bond motifs is 2. The number of ketones is 1. The van der Waals surface area contributed by atoms with Crippen LogP contribution in [0.3, 0.4) is 0 Å². The lowest BCUT2D eigenvalue weighted by atomic mass is 9.99. The minimum Gasteiger partial charge on any atom is -0.395 e. The van der Waals surface area contributed by atoms with Crippen molar-refractivity contribution in [2.24, 2.45) is 0 Å². The molecular weight excluding hydrogens is 598 g/mol. The molecule has 0 spiro atoms. The van der Waals surface area contributed by atoms with E-state index in [-0.39, 0.29) is 45.1 Å². The first kappa shape index (κ1) is 24.0. The molecule has 0 radical (unpaired) electrons. The van der Waals surface area contributed by atoms with Crippen LogP contribution in [0.15, 0.2) is 42.7 Å². The van der Waals surface area contributed by atoms with E-state index in [9.17, 15) is 26.7 Å². The van der Waals surface area contributed by atoms with Crippen LogP contribution >= 0.6 is 22.6 Å². The molecule has 4 heterocycles. The smallest absolute Gasteiger partial charge is 0.395 e. The molecule has 4 N–H and O–H groups in total. The van der Waals surface area contributed by atoms with Crippen molar-refractivity contribution in [3.05, 3.63) is 80.6 Å². The van der Waals surface area contributed by atoms with Crippen LogP contribution in [-0.4, -0.2) is 24.8 Å². The van der Waals surface area contributed by atoms with E-state index in [0.717, 1.165) is 22.7 Å². The number of carbonyl (C=O) groups is 1. The molecule has 0 amide bonds. The number of nitrogens with two attached hydrogens (primary N) is 2. The number of nitrogen functional groups attached to an aromatic ring is 2. The molecule has 0 bridgehead atoms. The summed E-state index contributed by atoms with van der Waals surface area (Å²) in [6.07, 6.45) is -2.44. The maximum Gasteiger partial charge on any atom is 0.418 e. The quantitative estimate of drug-likeness (QED) is 0.125. The molecule has 184 valence electrons. The molecule has 5 rings (SSSR count). The van der Waals surface area contributed by atoms with Crippen LogP contribution in [0.5, 0.6) is 0 Å². The van der Waals surface area contributed by atoms with Gasteiger partial charge in [0.05, 0.1) is 22.5 Å². The summed E-state index contributed by atoms with van der Waals surface area (Å²) in [5, 5.41) is 7.72. The normalized spacial score (nSPS) is 12.1. The van der Waals surface area contributed by atoms with Crippen molar-refractivity contribution < 1.29 is 26.7 Å². The van der Waals surface area contributed by atoms with Crippen molar-refractivity contribution in [2.75, 3.05) is 11.5 Å². The van der Waals surface area contributed by atoms with E-state index >= 15 is 0 Å². The number of nitrogens with zero attached hydrogens (tertiary/aromatic N) is 4. The van der Waals surface area contributed by atoms with Gasteiger partial charge in [-0.25, -0.2) is 8.78 Å². The van der Waals surface area contributed by atoms with E-state index in [2.05, 4.69) is 10.2 Å². The predicted molar refractivity (Wildman–Crippen MR) is 130 cm³/mol. The van der Waals surface area contributed by atoms with Crippen molar-refractivity contribution >= 4 is 50.9 Å². The molecule has 0 aliphatic carbocycles. The standard InChI is InChI=1S/C23H14F5IN6O/c1-9-32-33-22-19(31)17(12(8-35(9)22)23(26,27)28)11-3-2-4-34-16(7-15(29)20(11)34)21(36)10-5-13(24)18(30)14(25)6-10/h2-8H,30-31H2,1H3. The van der Waals surface area contributed by atoms with Crippen molar-refractivity contribution in [3.8, 4) is 11.1 Å². The molecule has 7 nitrogen and oxygen atoms in total. The van der Waals surface area contributed by atoms with Crippen LogP contribution in [0, 0.1) is 22.1 Å². The number of hydrogen-bond donors (Lipinski definition) is 2. The van der Waals surface area contributed by atoms with Crippen molar-refractivity contribution in [3.63, 3.8) is 0 Å². The molecule has 0 aliphatic heterocycles. The molecule has 0 saturated carbocycles. The lowest BCUT2D eigenvalue weighted by Crippen LogP contribution is -2.13. The third kappa shape index (κ3) is 3.56. The summed E-state index contributed by atoms with van der Waals surface area (Å²) in [6, 6.07) is 5.90. The monoisotopic (exact) mass is 612 g/mol. The Morgan fingerprint density at radius 3 is 2.33 bits per heavy atom. The zero-order valence-corrected chi connectivity index (χ0v) is 20.3. The third-order valence-electron chi connectivity index (χ3n) is 5.80. The minimum atomic E-state index is -4.78. The highest BCUT2D eigenvalue weighted by Crippen LogP contribution is 2.44. The van der Waals surface area contributed by atoms with Crippen molar-refractivity contribution in [1.82, 2.24) is 19.0 Å². The van der Waals surface area contributed by atoms with E-state index in [1.807, 2.05) is 22.6 Å². The number of benzene rings is 1. The lowest BCUT2D eigenvalue weighted by molar-refractivity contribution is -0.137. The molecule has 1 aromatic carbocycles. The zero-order chi connectivity index (χ0) is 26.1. The highest BCUT2D eigenvalue weighted by molar-refractivity contribution is 14.1. The van der Waals surface area contributed by atoms with Gasteiger partial charge in [0.2, 0.25) is 5.78 Å². The molecule has 0 atom stereocenters. The molecule has 0 unspecified atom stereocenters. The Labute approximate surface area is 212 Å². The Kier molecular flexibility index (Phi) is 5.42. The van der Waals surface area contributed by atoms with Gasteiger partial charge in [0.1, 0.15) is 23.1 Å². The second-order valence-electron chi connectivity index (χ2n) is 7.97. The summed E-state index contributed by atoms with van der Waals surface area (Å²) in [5.74, 6) is -2.74. The number of aryl methyl sites for hydroxylation is 1. The average Bonchev–Trinajstić information content (AvgIpc) is 3.36. The van der Waals surface area contributed by atoms with Gasteiger partial charge in [-0.15, -0.1) is 10.2 Å². The minimum absolute atomic E-state index is 0.0219. The van der Waals surface area contributed by atoms with Gasteiger partial charge < -0.3 is 15.9 Å². The second kappa shape index (κ2) is 8.15. The van der Waals surface area contributed by atoms with Crippen LogP contribution in [0.4, 0.5) is 33.3 Å². The van der Waals surface area contributed by atoms with Crippen molar-refractivity contribution in [2.45, 2.75) is 13.1 Å². The van der Waals surface area contributed by atoms with Crippen LogP contribution in [-0.2, 0) is 6.18 Å². The summed E-state index contributed by atoms with van der Waals surface area (Å²) in [6.45, 7) is 1.50. The van der Waals surface area contributed by atoms with Crippen molar-refractivity contribution in [1.29, 1.82) is 0 Å². The van der Waals surface area contributed by atoms with E-state index in [4.69, 9.17) is 11.5 Å². The fourth-order valence-electron chi connectivity index (χ4n) is 4.11. The first-order valence-corrected chi connectivity index (χ1v) is 11.3. The van der Waals surface area contributed by atoms with E-state index in [1.54, 1.807) is 0 Å². The highest BCUT2D eigenvalue weighted by Gasteiger charge is 2.37. The molecular formula is C23H14F5IN6O. The van der Waals surface area contributed by atoms with Crippen LogP contribution < -0.4 is 11.5 Å². The van der Waals surface area contributed by atoms with Gasteiger partial charge >= 0.3 is 6.18 Å². The van der Waals surface area contributed by atoms with Gasteiger partial charge in [-0.1, -0.05) is 6.07 Å². The maximum absolute atomic E-state index is 14.2. The molecule has 4 aromatic heterocycles. The molecule has 0 saturated heterocycles. The number of rotatable bonds is 3. The Hall–Kier alpha value is -3.75. The molecule has 0 fully saturated rings. The number of carbonyl (C=O) groups excluding carboxylic acids is 1. The van der Waals surface area contributed by atoms with Gasteiger partial charge in [-0.2, -0.15) is 13.2 Å². The number of pyridine rings is 2. The van der Waals surface area contributed by atoms with E-state index in [0.29, 0.717) is 3.57 Å². The number of alkyl halides is 3. The Bertz CT molecular complexity index is 1700. The Balaban J connectivity index is 1.80. The number of hydrogen-bond acceptors (Lipinski definition) is 5. The SMILES string of the molecule is Cc1nnc2c(N)c(-c3cccn4c(C(=O)c5cc(F)c(N)c(F)c5)cc(I)c34)c(C(F)(F)F)cn12. The van der Waals surface area contributed by atoms with Crippen LogP contribution in [0.1, 0.15) is 27.4 Å². The topological polar surface area (TPSA) is 104 Å². The first-order chi connectivity index (χ1) is 16.9. The zero-order valence-electron chi connectivity index (χ0n) is 18.2. The fourth-order valence-corrected chi connectivity index (χ4v) is 4.96. The number of halogens is 6. The average molecular weight is 612 g/mol. The largest absolute Gasteiger partial charge is 0.418 e. The summed E-state index contributed by atoms with van der Waals surface area (Å²) in [5.41, 5.74) is 9.23. The molecule has 13 heteroatoms. The van der Waals surface area contributed by atoms with Gasteiger partial charge in [0, 0.05) is 32.7 Å². The maximum atomic E-state index is 14.2. The Morgan fingerprint density at radius 2 is 1.69 bits per heavy atom. The van der Waals surface area contributed by atoms with Gasteiger partial charge in [-0.05, 0) is 53.8 Å². The second-order valence-corrected chi connectivity index (χ2v) is 9.13. The predicted octanol–water partition coefficient (Wildman–Crippen LogP) is 5.25. The number of aromatic nitrogens is 4. The van der Waals surface area contributed by atoms with Gasteiger partial charge in [0.25, 0.3) is 0 Å². The molecule has 36 heavy (non-hydrogen) atoms. The lowest BCUT2D eigenvalue weighted by Gasteiger charge is -2.18. The number of anilines is 2. The van der Waals surface area contributed by atoms with E-state index in [1.165, 1.54) is 35.7 Å². The first-order valence-electron chi connectivity index (χ1n) is 10.2. The fraction of sp³-hybridized carbons (Fsp3) is 0.0870. The Morgan fingerprint density at radius 1 is 1.03 bits per heavy atom. The summed E-state index contributed by atoms with van der Waals surface area (Å²) in [7, 11) is 0. The van der Waals surface area contributed by atoms with Crippen LogP contribution in [0.2, 0.25) is 0 Å². The van der Waals surface area contributed by atoms with Gasteiger partial charge in [0.15, 0.2) is 5.65 Å². The van der Waals surface area contributed by atoms with Gasteiger partial charge in [-0.3, -0.25) is 9.20 Å². The molecule has 0 aliphatic rings. The van der Waals surface area contributed by atoms with E-state index < -0.39 is 34.8 Å². The molecule has 5 aromatic rings.